The number of amides is 1. The third kappa shape index (κ3) is 3.12. The molecular weight excluding hydrogens is 336 g/mol. The zero-order chi connectivity index (χ0) is 17.2. The largest absolute Gasteiger partial charge is 0.451 e. The monoisotopic (exact) mass is 348 g/mol. The van der Waals surface area contributed by atoms with E-state index in [0.717, 1.165) is 16.5 Å². The highest BCUT2D eigenvalue weighted by molar-refractivity contribution is 6.30. The molecule has 4 rings (SSSR count). The van der Waals surface area contributed by atoms with Crippen LogP contribution in [0.3, 0.4) is 0 Å². The lowest BCUT2D eigenvalue weighted by molar-refractivity contribution is 0.0997. The number of pyridine rings is 1. The molecule has 1 amide bonds. The van der Waals surface area contributed by atoms with E-state index in [4.69, 9.17) is 16.0 Å². The van der Waals surface area contributed by atoms with Crippen molar-refractivity contribution in [3.05, 3.63) is 83.7 Å². The number of halogens is 1. The standard InChI is InChI=1S/C20H13ClN2O2/c21-14-5-1-4-13(12-14)18-9-10-19(25-18)20(24)23-17-8-2-7-16-15(17)6-3-11-22-16/h1-12H,(H,23,24). The van der Waals surface area contributed by atoms with E-state index in [9.17, 15) is 4.79 Å². The number of aromatic nitrogens is 1. The van der Waals surface area contributed by atoms with Crippen molar-refractivity contribution < 1.29 is 9.21 Å². The van der Waals surface area contributed by atoms with Crippen LogP contribution in [0.15, 0.2) is 77.3 Å². The molecule has 2 aromatic carbocycles. The number of nitrogens with one attached hydrogen (secondary N) is 1. The summed E-state index contributed by atoms with van der Waals surface area (Å²) >= 11 is 6.00. The molecule has 122 valence electrons. The molecule has 4 aromatic rings. The Kier molecular flexibility index (Phi) is 3.96. The summed E-state index contributed by atoms with van der Waals surface area (Å²) in [5, 5.41) is 4.37. The van der Waals surface area contributed by atoms with Crippen LogP contribution in [0.25, 0.3) is 22.2 Å². The fraction of sp³-hybridized carbons (Fsp3) is 0. The maximum atomic E-state index is 12.5. The molecule has 1 N–H and O–H groups in total. The Bertz CT molecular complexity index is 1070. The van der Waals surface area contributed by atoms with Gasteiger partial charge in [-0.2, -0.15) is 0 Å². The number of fused-ring (bicyclic) bond motifs is 1. The molecule has 0 bridgehead atoms. The Morgan fingerprint density at radius 3 is 2.76 bits per heavy atom. The first kappa shape index (κ1) is 15.4. The molecule has 0 aliphatic rings. The van der Waals surface area contributed by atoms with Gasteiger partial charge >= 0.3 is 0 Å². The van der Waals surface area contributed by atoms with Crippen molar-refractivity contribution in [3.8, 4) is 11.3 Å². The van der Waals surface area contributed by atoms with Crippen molar-refractivity contribution in [2.75, 3.05) is 5.32 Å². The summed E-state index contributed by atoms with van der Waals surface area (Å²) in [4.78, 5) is 16.8. The van der Waals surface area contributed by atoms with Gasteiger partial charge < -0.3 is 9.73 Å². The first-order valence-corrected chi connectivity index (χ1v) is 8.09. The van der Waals surface area contributed by atoms with Crippen LogP contribution < -0.4 is 5.32 Å². The van der Waals surface area contributed by atoms with Gasteiger partial charge in [-0.05, 0) is 48.5 Å². The van der Waals surface area contributed by atoms with E-state index in [-0.39, 0.29) is 11.7 Å². The second-order valence-electron chi connectivity index (χ2n) is 5.50. The molecule has 0 aliphatic heterocycles. The molecule has 2 heterocycles. The topological polar surface area (TPSA) is 55.1 Å². The van der Waals surface area contributed by atoms with Crippen molar-refractivity contribution in [1.82, 2.24) is 4.98 Å². The van der Waals surface area contributed by atoms with E-state index < -0.39 is 0 Å². The van der Waals surface area contributed by atoms with E-state index in [1.807, 2.05) is 42.5 Å². The highest BCUT2D eigenvalue weighted by Gasteiger charge is 2.14. The van der Waals surface area contributed by atoms with Crippen LogP contribution in [0, 0.1) is 0 Å². The normalized spacial score (nSPS) is 10.8. The zero-order valence-electron chi connectivity index (χ0n) is 13.1. The van der Waals surface area contributed by atoms with Gasteiger partial charge in [-0.15, -0.1) is 0 Å². The lowest BCUT2D eigenvalue weighted by Gasteiger charge is -2.06. The lowest BCUT2D eigenvalue weighted by atomic mass is 10.2. The number of furan rings is 1. The Hall–Kier alpha value is -3.11. The van der Waals surface area contributed by atoms with Gasteiger partial charge in [-0.1, -0.05) is 29.8 Å². The number of carbonyl (C=O) groups excluding carboxylic acids is 1. The lowest BCUT2D eigenvalue weighted by Crippen LogP contribution is -2.11. The second-order valence-corrected chi connectivity index (χ2v) is 5.94. The summed E-state index contributed by atoms with van der Waals surface area (Å²) in [7, 11) is 0. The number of hydrogen-bond donors (Lipinski definition) is 1. The Balaban J connectivity index is 1.61. The number of nitrogens with zero attached hydrogens (tertiary/aromatic N) is 1. The fourth-order valence-corrected chi connectivity index (χ4v) is 2.84. The van der Waals surface area contributed by atoms with Crippen LogP contribution in [0.1, 0.15) is 10.6 Å². The zero-order valence-corrected chi connectivity index (χ0v) is 13.8. The first-order chi connectivity index (χ1) is 12.2. The maximum absolute atomic E-state index is 12.5. The van der Waals surface area contributed by atoms with Gasteiger partial charge in [0, 0.05) is 22.2 Å². The van der Waals surface area contributed by atoms with Crippen LogP contribution in [0.2, 0.25) is 5.02 Å². The Labute approximate surface area is 149 Å². The first-order valence-electron chi connectivity index (χ1n) is 7.71. The van der Waals surface area contributed by atoms with Crippen molar-refractivity contribution in [2.45, 2.75) is 0 Å². The third-order valence-corrected chi connectivity index (χ3v) is 4.07. The number of rotatable bonds is 3. The van der Waals surface area contributed by atoms with Crippen molar-refractivity contribution in [3.63, 3.8) is 0 Å². The van der Waals surface area contributed by atoms with Crippen LogP contribution in [0.4, 0.5) is 5.69 Å². The molecule has 0 radical (unpaired) electrons. The van der Waals surface area contributed by atoms with Crippen LogP contribution in [-0.4, -0.2) is 10.9 Å². The van der Waals surface area contributed by atoms with E-state index in [1.54, 1.807) is 30.5 Å². The van der Waals surface area contributed by atoms with E-state index in [0.29, 0.717) is 16.5 Å². The quantitative estimate of drug-likeness (QED) is 0.539. The molecule has 0 atom stereocenters. The van der Waals surface area contributed by atoms with Gasteiger partial charge in [0.15, 0.2) is 5.76 Å². The molecule has 2 aromatic heterocycles. The molecule has 0 saturated carbocycles. The molecule has 0 saturated heterocycles. The average molecular weight is 349 g/mol. The summed E-state index contributed by atoms with van der Waals surface area (Å²) < 4.78 is 5.68. The highest BCUT2D eigenvalue weighted by Crippen LogP contribution is 2.26. The summed E-state index contributed by atoms with van der Waals surface area (Å²) in [6.45, 7) is 0. The summed E-state index contributed by atoms with van der Waals surface area (Å²) in [6.07, 6.45) is 1.72. The van der Waals surface area contributed by atoms with Crippen LogP contribution in [0.5, 0.6) is 0 Å². The third-order valence-electron chi connectivity index (χ3n) is 3.83. The SMILES string of the molecule is O=C(Nc1cccc2ncccc12)c1ccc(-c2cccc(Cl)c2)o1. The van der Waals surface area contributed by atoms with Gasteiger partial charge in [0.1, 0.15) is 5.76 Å². The van der Waals surface area contributed by atoms with Crippen LogP contribution >= 0.6 is 11.6 Å². The smallest absolute Gasteiger partial charge is 0.291 e. The molecule has 4 nitrogen and oxygen atoms in total. The molecule has 5 heteroatoms. The van der Waals surface area contributed by atoms with Gasteiger partial charge in [-0.3, -0.25) is 9.78 Å². The fourth-order valence-electron chi connectivity index (χ4n) is 2.65. The van der Waals surface area contributed by atoms with Crippen molar-refractivity contribution in [1.29, 1.82) is 0 Å². The molecule has 0 aliphatic carbocycles. The predicted octanol–water partition coefficient (Wildman–Crippen LogP) is 5.40. The Morgan fingerprint density at radius 1 is 1.00 bits per heavy atom. The number of anilines is 1. The average Bonchev–Trinajstić information content (AvgIpc) is 3.12. The summed E-state index contributed by atoms with van der Waals surface area (Å²) in [6, 6.07) is 20.0. The summed E-state index contributed by atoms with van der Waals surface area (Å²) in [5.74, 6) is 0.507. The molecule has 0 unspecified atom stereocenters. The van der Waals surface area contributed by atoms with Gasteiger partial charge in [0.2, 0.25) is 0 Å². The van der Waals surface area contributed by atoms with Gasteiger partial charge in [-0.25, -0.2) is 0 Å². The molecule has 0 fully saturated rings. The summed E-state index contributed by atoms with van der Waals surface area (Å²) in [5.41, 5.74) is 2.33. The highest BCUT2D eigenvalue weighted by atomic mass is 35.5. The van der Waals surface area contributed by atoms with Crippen molar-refractivity contribution >= 4 is 34.1 Å². The molecular formula is C20H13ClN2O2. The minimum Gasteiger partial charge on any atom is -0.451 e. The number of benzene rings is 2. The molecule has 0 spiro atoms. The van der Waals surface area contributed by atoms with Gasteiger partial charge in [0.05, 0.1) is 11.2 Å². The van der Waals surface area contributed by atoms with Crippen LogP contribution in [-0.2, 0) is 0 Å². The van der Waals surface area contributed by atoms with E-state index in [2.05, 4.69) is 10.3 Å². The molecule has 25 heavy (non-hydrogen) atoms. The number of carbonyl (C=O) groups is 1. The Morgan fingerprint density at radius 2 is 1.88 bits per heavy atom. The van der Waals surface area contributed by atoms with E-state index in [1.165, 1.54) is 0 Å². The van der Waals surface area contributed by atoms with Gasteiger partial charge in [0.25, 0.3) is 5.91 Å². The predicted molar refractivity (Wildman–Crippen MR) is 98.9 cm³/mol. The van der Waals surface area contributed by atoms with E-state index >= 15 is 0 Å². The number of hydrogen-bond acceptors (Lipinski definition) is 3. The van der Waals surface area contributed by atoms with Crippen molar-refractivity contribution in [2.24, 2.45) is 0 Å². The second kappa shape index (κ2) is 6.42. The minimum atomic E-state index is -0.315. The minimum absolute atomic E-state index is 0.232. The maximum Gasteiger partial charge on any atom is 0.291 e.